The van der Waals surface area contributed by atoms with Gasteiger partial charge in [-0.05, 0) is 13.8 Å². The van der Waals surface area contributed by atoms with E-state index in [9.17, 15) is 22.8 Å². The van der Waals surface area contributed by atoms with Crippen LogP contribution in [-0.2, 0) is 9.59 Å². The van der Waals surface area contributed by atoms with E-state index in [4.69, 9.17) is 0 Å². The van der Waals surface area contributed by atoms with Gasteiger partial charge in [-0.2, -0.15) is 13.2 Å². The lowest BCUT2D eigenvalue weighted by Gasteiger charge is -2.42. The van der Waals surface area contributed by atoms with Gasteiger partial charge in [-0.15, -0.1) is 0 Å². The Bertz CT molecular complexity index is 312. The summed E-state index contributed by atoms with van der Waals surface area (Å²) in [6.45, 7) is 3.07. The molecule has 4 nitrogen and oxygen atoms in total. The van der Waals surface area contributed by atoms with Crippen molar-refractivity contribution in [1.82, 2.24) is 10.2 Å². The maximum atomic E-state index is 12.1. The molecular weight excluding hydrogens is 225 g/mol. The Morgan fingerprint density at radius 1 is 1.50 bits per heavy atom. The van der Waals surface area contributed by atoms with Crippen LogP contribution in [0.1, 0.15) is 20.3 Å². The van der Waals surface area contributed by atoms with Crippen LogP contribution in [-0.4, -0.2) is 41.5 Å². The summed E-state index contributed by atoms with van der Waals surface area (Å²) in [5, 5.41) is 2.51. The number of rotatable bonds is 1. The van der Waals surface area contributed by atoms with Crippen molar-refractivity contribution in [2.24, 2.45) is 0 Å². The van der Waals surface area contributed by atoms with Crippen molar-refractivity contribution < 1.29 is 22.8 Å². The van der Waals surface area contributed by atoms with Crippen LogP contribution in [0, 0.1) is 0 Å². The van der Waals surface area contributed by atoms with Crippen molar-refractivity contribution in [3.8, 4) is 0 Å². The van der Waals surface area contributed by atoms with Gasteiger partial charge < -0.3 is 10.2 Å². The average molecular weight is 238 g/mol. The highest BCUT2D eigenvalue weighted by Gasteiger charge is 2.41. The van der Waals surface area contributed by atoms with Crippen LogP contribution in [0.4, 0.5) is 13.2 Å². The van der Waals surface area contributed by atoms with E-state index in [0.29, 0.717) is 0 Å². The molecule has 0 aromatic carbocycles. The van der Waals surface area contributed by atoms with Gasteiger partial charge in [-0.25, -0.2) is 0 Å². The fourth-order valence-corrected chi connectivity index (χ4v) is 1.52. The first-order valence-electron chi connectivity index (χ1n) is 4.76. The Morgan fingerprint density at radius 2 is 2.06 bits per heavy atom. The van der Waals surface area contributed by atoms with E-state index in [1.165, 1.54) is 0 Å². The Labute approximate surface area is 90.8 Å². The fraction of sp³-hybridized carbons (Fsp3) is 0.778. The van der Waals surface area contributed by atoms with Crippen LogP contribution >= 0.6 is 0 Å². The SMILES string of the molecule is CC1(C)CNC(=O)CN1C(=O)CC(F)(F)F. The molecule has 0 radical (unpaired) electrons. The number of nitrogens with one attached hydrogen (secondary N) is 1. The molecule has 0 aromatic heterocycles. The van der Waals surface area contributed by atoms with E-state index < -0.39 is 30.0 Å². The van der Waals surface area contributed by atoms with Crippen LogP contribution in [0.25, 0.3) is 0 Å². The van der Waals surface area contributed by atoms with Crippen molar-refractivity contribution in [3.63, 3.8) is 0 Å². The second kappa shape index (κ2) is 3.95. The van der Waals surface area contributed by atoms with Gasteiger partial charge in [-0.1, -0.05) is 0 Å². The molecule has 0 unspecified atom stereocenters. The summed E-state index contributed by atoms with van der Waals surface area (Å²) < 4.78 is 36.2. The minimum Gasteiger partial charge on any atom is -0.352 e. The molecule has 0 spiro atoms. The number of hydrogen-bond acceptors (Lipinski definition) is 2. The van der Waals surface area contributed by atoms with Crippen LogP contribution in [0.2, 0.25) is 0 Å². The van der Waals surface area contributed by atoms with E-state index >= 15 is 0 Å². The topological polar surface area (TPSA) is 49.4 Å². The molecule has 1 heterocycles. The largest absolute Gasteiger partial charge is 0.397 e. The minimum absolute atomic E-state index is 0.162. The number of halogens is 3. The number of alkyl halides is 3. The smallest absolute Gasteiger partial charge is 0.352 e. The van der Waals surface area contributed by atoms with E-state index in [-0.39, 0.29) is 13.1 Å². The number of nitrogens with zero attached hydrogens (tertiary/aromatic N) is 1. The molecule has 16 heavy (non-hydrogen) atoms. The summed E-state index contributed by atoms with van der Waals surface area (Å²) in [6, 6.07) is 0. The lowest BCUT2D eigenvalue weighted by atomic mass is 9.99. The van der Waals surface area contributed by atoms with Gasteiger partial charge >= 0.3 is 6.18 Å². The molecule has 1 N–H and O–H groups in total. The second-order valence-corrected chi connectivity index (χ2v) is 4.36. The molecule has 1 fully saturated rings. The van der Waals surface area contributed by atoms with Gasteiger partial charge in [0.05, 0.1) is 5.54 Å². The quantitative estimate of drug-likeness (QED) is 0.730. The summed E-state index contributed by atoms with van der Waals surface area (Å²) in [6.07, 6.45) is -6.06. The molecule has 7 heteroatoms. The van der Waals surface area contributed by atoms with Gasteiger partial charge in [-0.3, -0.25) is 9.59 Å². The van der Waals surface area contributed by atoms with Crippen LogP contribution in [0.3, 0.4) is 0 Å². The normalized spacial score (nSPS) is 20.6. The van der Waals surface area contributed by atoms with Crippen LogP contribution in [0.5, 0.6) is 0 Å². The first kappa shape index (κ1) is 12.8. The molecule has 0 aromatic rings. The predicted octanol–water partition coefficient (Wildman–Crippen LogP) is 0.676. The fourth-order valence-electron chi connectivity index (χ4n) is 1.52. The zero-order valence-corrected chi connectivity index (χ0v) is 9.02. The van der Waals surface area contributed by atoms with E-state index in [2.05, 4.69) is 5.32 Å². The molecule has 2 amide bonds. The molecule has 0 saturated carbocycles. The number of amides is 2. The van der Waals surface area contributed by atoms with Crippen molar-refractivity contribution >= 4 is 11.8 Å². The summed E-state index contributed by atoms with van der Waals surface area (Å²) >= 11 is 0. The van der Waals surface area contributed by atoms with Crippen molar-refractivity contribution in [3.05, 3.63) is 0 Å². The molecule has 0 bridgehead atoms. The molecular formula is C9H13F3N2O2. The van der Waals surface area contributed by atoms with Gasteiger partial charge in [0.2, 0.25) is 11.8 Å². The van der Waals surface area contributed by atoms with E-state index in [1.807, 2.05) is 0 Å². The number of carbonyl (C=O) groups excluding carboxylic acids is 2. The standard InChI is InChI=1S/C9H13F3N2O2/c1-8(2)5-13-6(15)4-14(8)7(16)3-9(10,11)12/h3-5H2,1-2H3,(H,13,15). The number of piperazine rings is 1. The molecule has 0 atom stereocenters. The van der Waals surface area contributed by atoms with E-state index in [1.54, 1.807) is 13.8 Å². The van der Waals surface area contributed by atoms with Gasteiger partial charge in [0.15, 0.2) is 0 Å². The molecule has 1 aliphatic heterocycles. The zero-order chi connectivity index (χ0) is 12.6. The third-order valence-electron chi connectivity index (χ3n) is 2.40. The third kappa shape index (κ3) is 3.11. The number of hydrogen-bond donors (Lipinski definition) is 1. The molecule has 1 aliphatic rings. The van der Waals surface area contributed by atoms with Gasteiger partial charge in [0, 0.05) is 6.54 Å². The first-order valence-corrected chi connectivity index (χ1v) is 4.76. The Kier molecular flexibility index (Phi) is 3.16. The predicted molar refractivity (Wildman–Crippen MR) is 49.5 cm³/mol. The van der Waals surface area contributed by atoms with Crippen molar-refractivity contribution in [1.29, 1.82) is 0 Å². The highest BCUT2D eigenvalue weighted by Crippen LogP contribution is 2.24. The van der Waals surface area contributed by atoms with Crippen LogP contribution < -0.4 is 5.32 Å². The molecule has 1 rings (SSSR count). The second-order valence-electron chi connectivity index (χ2n) is 4.36. The first-order chi connectivity index (χ1) is 7.12. The Balaban J connectivity index is 2.76. The number of carbonyl (C=O) groups is 2. The minimum atomic E-state index is -4.54. The summed E-state index contributed by atoms with van der Waals surface area (Å²) in [7, 11) is 0. The Hall–Kier alpha value is -1.27. The van der Waals surface area contributed by atoms with Crippen LogP contribution in [0.15, 0.2) is 0 Å². The summed E-state index contributed by atoms with van der Waals surface area (Å²) in [4.78, 5) is 23.4. The monoisotopic (exact) mass is 238 g/mol. The lowest BCUT2D eigenvalue weighted by Crippen LogP contribution is -2.62. The molecule has 0 aliphatic carbocycles. The maximum Gasteiger partial charge on any atom is 0.397 e. The Morgan fingerprint density at radius 3 is 2.56 bits per heavy atom. The lowest BCUT2D eigenvalue weighted by molar-refractivity contribution is -0.168. The van der Waals surface area contributed by atoms with E-state index in [0.717, 1.165) is 4.90 Å². The van der Waals surface area contributed by atoms with Gasteiger partial charge in [0.1, 0.15) is 13.0 Å². The average Bonchev–Trinajstić information content (AvgIpc) is 2.06. The third-order valence-corrected chi connectivity index (χ3v) is 2.40. The van der Waals surface area contributed by atoms with Crippen molar-refractivity contribution in [2.75, 3.05) is 13.1 Å². The molecule has 92 valence electrons. The summed E-state index contributed by atoms with van der Waals surface area (Å²) in [5.74, 6) is -1.50. The summed E-state index contributed by atoms with van der Waals surface area (Å²) in [5.41, 5.74) is -0.782. The highest BCUT2D eigenvalue weighted by molar-refractivity contribution is 5.87. The highest BCUT2D eigenvalue weighted by atomic mass is 19.4. The zero-order valence-electron chi connectivity index (χ0n) is 9.02. The maximum absolute atomic E-state index is 12.1. The van der Waals surface area contributed by atoms with Crippen molar-refractivity contribution in [2.45, 2.75) is 32.0 Å². The van der Waals surface area contributed by atoms with Gasteiger partial charge in [0.25, 0.3) is 0 Å². The molecule has 1 saturated heterocycles.